The molecule has 0 spiro atoms. The summed E-state index contributed by atoms with van der Waals surface area (Å²) >= 11 is 0. The number of aryl methyl sites for hydroxylation is 3. The van der Waals surface area contributed by atoms with E-state index in [0.717, 1.165) is 17.0 Å². The number of carbonyl (C=O) groups excluding carboxylic acids is 1. The van der Waals surface area contributed by atoms with Crippen LogP contribution in [-0.4, -0.2) is 30.8 Å². The van der Waals surface area contributed by atoms with Crippen molar-refractivity contribution in [2.24, 2.45) is 0 Å². The molecule has 1 N–H and O–H groups in total. The summed E-state index contributed by atoms with van der Waals surface area (Å²) in [6.07, 6.45) is 0. The monoisotopic (exact) mass is 418 g/mol. The number of nitrogens with zero attached hydrogens (tertiary/aromatic N) is 5. The number of benzene rings is 1. The minimum atomic E-state index is -0.346. The quantitative estimate of drug-likeness (QED) is 0.516. The molecule has 4 aromatic rings. The Balaban J connectivity index is 1.51. The third-order valence-electron chi connectivity index (χ3n) is 4.87. The fourth-order valence-electron chi connectivity index (χ4n) is 3.03. The first-order valence-corrected chi connectivity index (χ1v) is 9.71. The summed E-state index contributed by atoms with van der Waals surface area (Å²) in [5, 5.41) is 11.0. The van der Waals surface area contributed by atoms with Gasteiger partial charge < -0.3 is 14.6 Å². The third kappa shape index (κ3) is 4.30. The van der Waals surface area contributed by atoms with E-state index in [4.69, 9.17) is 9.26 Å². The van der Waals surface area contributed by atoms with Crippen molar-refractivity contribution in [3.8, 4) is 17.4 Å². The van der Waals surface area contributed by atoms with Crippen LogP contribution in [-0.2, 0) is 0 Å². The van der Waals surface area contributed by atoms with Crippen LogP contribution in [0.1, 0.15) is 39.0 Å². The van der Waals surface area contributed by atoms with Crippen molar-refractivity contribution in [3.05, 3.63) is 70.6 Å². The maximum Gasteiger partial charge on any atom is 0.277 e. The molecule has 0 bridgehead atoms. The van der Waals surface area contributed by atoms with E-state index in [1.807, 2.05) is 20.8 Å². The lowest BCUT2D eigenvalue weighted by molar-refractivity contribution is 0.101. The largest absolute Gasteiger partial charge is 0.439 e. The van der Waals surface area contributed by atoms with Crippen LogP contribution in [0.4, 0.5) is 5.69 Å². The van der Waals surface area contributed by atoms with Crippen LogP contribution in [0.25, 0.3) is 5.82 Å². The van der Waals surface area contributed by atoms with Crippen LogP contribution in [0.3, 0.4) is 0 Å². The van der Waals surface area contributed by atoms with Gasteiger partial charge in [0, 0.05) is 23.5 Å². The van der Waals surface area contributed by atoms with Gasteiger partial charge in [0.1, 0.15) is 17.3 Å². The number of rotatable bonds is 5. The molecule has 9 nitrogen and oxygen atoms in total. The molecule has 0 unspecified atom stereocenters. The average Bonchev–Trinajstić information content (AvgIpc) is 3.28. The smallest absolute Gasteiger partial charge is 0.277 e. The van der Waals surface area contributed by atoms with E-state index < -0.39 is 0 Å². The molecule has 1 amide bonds. The second kappa shape index (κ2) is 8.02. The molecule has 0 saturated carbocycles. The Morgan fingerprint density at radius 1 is 1.03 bits per heavy atom. The number of ether oxygens (including phenoxy) is 1. The van der Waals surface area contributed by atoms with Crippen LogP contribution in [0.15, 0.2) is 40.9 Å². The molecule has 3 heterocycles. The van der Waals surface area contributed by atoms with E-state index >= 15 is 0 Å². The normalized spacial score (nSPS) is 10.9. The zero-order valence-electron chi connectivity index (χ0n) is 17.9. The summed E-state index contributed by atoms with van der Waals surface area (Å²) in [4.78, 5) is 21.0. The third-order valence-corrected chi connectivity index (χ3v) is 4.87. The van der Waals surface area contributed by atoms with Crippen molar-refractivity contribution >= 4 is 11.6 Å². The number of hydrogen-bond donors (Lipinski definition) is 1. The van der Waals surface area contributed by atoms with Crippen LogP contribution in [0.2, 0.25) is 0 Å². The minimum Gasteiger partial charge on any atom is -0.439 e. The first-order chi connectivity index (χ1) is 14.8. The van der Waals surface area contributed by atoms with Crippen molar-refractivity contribution in [1.82, 2.24) is 24.9 Å². The van der Waals surface area contributed by atoms with E-state index in [0.29, 0.717) is 34.7 Å². The maximum atomic E-state index is 12.2. The SMILES string of the molecule is Cc1nc(Oc2ccc(NC(=O)c3cc(C)on3)cc2)cc(-n2nc(C)c(C)c2C)n1. The van der Waals surface area contributed by atoms with Gasteiger partial charge in [-0.25, -0.2) is 9.67 Å². The van der Waals surface area contributed by atoms with Crippen LogP contribution in [0, 0.1) is 34.6 Å². The van der Waals surface area contributed by atoms with Gasteiger partial charge >= 0.3 is 0 Å². The lowest BCUT2D eigenvalue weighted by Crippen LogP contribution is -2.12. The summed E-state index contributed by atoms with van der Waals surface area (Å²) in [5.74, 6) is 2.42. The highest BCUT2D eigenvalue weighted by Gasteiger charge is 2.14. The fraction of sp³-hybridized carbons (Fsp3) is 0.227. The molecule has 0 saturated heterocycles. The van der Waals surface area contributed by atoms with Gasteiger partial charge in [0.15, 0.2) is 11.5 Å². The second-order valence-corrected chi connectivity index (χ2v) is 7.22. The number of hydrogen-bond acceptors (Lipinski definition) is 7. The molecule has 0 aliphatic heterocycles. The van der Waals surface area contributed by atoms with Gasteiger partial charge in [-0.15, -0.1) is 0 Å². The van der Waals surface area contributed by atoms with E-state index in [-0.39, 0.29) is 11.6 Å². The lowest BCUT2D eigenvalue weighted by Gasteiger charge is -2.10. The molecular formula is C22H22N6O3. The molecule has 0 aliphatic rings. The number of aromatic nitrogens is 5. The standard InChI is InChI=1S/C22H22N6O3/c1-12-10-19(27-31-12)22(29)25-17-6-8-18(9-7-17)30-21-11-20(23-16(5)24-21)28-15(4)13(2)14(3)26-28/h6-11H,1-5H3,(H,25,29). The van der Waals surface area contributed by atoms with Gasteiger partial charge in [-0.3, -0.25) is 4.79 Å². The predicted octanol–water partition coefficient (Wildman–Crippen LogP) is 4.24. The van der Waals surface area contributed by atoms with Gasteiger partial charge in [0.2, 0.25) is 5.88 Å². The Morgan fingerprint density at radius 3 is 2.39 bits per heavy atom. The number of amides is 1. The van der Waals surface area contributed by atoms with Crippen molar-refractivity contribution in [2.75, 3.05) is 5.32 Å². The molecule has 0 aliphatic carbocycles. The van der Waals surface area contributed by atoms with Gasteiger partial charge in [0.05, 0.1) is 5.69 Å². The zero-order valence-corrected chi connectivity index (χ0v) is 17.9. The maximum absolute atomic E-state index is 12.2. The van der Waals surface area contributed by atoms with Gasteiger partial charge in [-0.2, -0.15) is 10.1 Å². The van der Waals surface area contributed by atoms with Crippen molar-refractivity contribution < 1.29 is 14.1 Å². The molecule has 31 heavy (non-hydrogen) atoms. The van der Waals surface area contributed by atoms with Crippen molar-refractivity contribution in [3.63, 3.8) is 0 Å². The molecule has 4 rings (SSSR count). The highest BCUT2D eigenvalue weighted by atomic mass is 16.5. The Hall–Kier alpha value is -4.01. The molecule has 1 aromatic carbocycles. The number of carbonyl (C=O) groups is 1. The Bertz CT molecular complexity index is 1260. The fourth-order valence-corrected chi connectivity index (χ4v) is 3.03. The molecular weight excluding hydrogens is 396 g/mol. The van der Waals surface area contributed by atoms with Gasteiger partial charge in [-0.05, 0) is 64.4 Å². The predicted molar refractivity (Wildman–Crippen MR) is 114 cm³/mol. The van der Waals surface area contributed by atoms with Crippen LogP contribution in [0.5, 0.6) is 11.6 Å². The number of nitrogens with one attached hydrogen (secondary N) is 1. The molecule has 158 valence electrons. The molecule has 0 radical (unpaired) electrons. The van der Waals surface area contributed by atoms with Crippen molar-refractivity contribution in [1.29, 1.82) is 0 Å². The summed E-state index contributed by atoms with van der Waals surface area (Å²) in [7, 11) is 0. The second-order valence-electron chi connectivity index (χ2n) is 7.22. The Kier molecular flexibility index (Phi) is 5.24. The van der Waals surface area contributed by atoms with Gasteiger partial charge in [0.25, 0.3) is 5.91 Å². The highest BCUT2D eigenvalue weighted by Crippen LogP contribution is 2.24. The summed E-state index contributed by atoms with van der Waals surface area (Å²) < 4.78 is 12.6. The Morgan fingerprint density at radius 2 is 1.77 bits per heavy atom. The van der Waals surface area contributed by atoms with E-state index in [2.05, 4.69) is 25.5 Å². The summed E-state index contributed by atoms with van der Waals surface area (Å²) in [5.41, 5.74) is 3.92. The average molecular weight is 418 g/mol. The van der Waals surface area contributed by atoms with Crippen molar-refractivity contribution in [2.45, 2.75) is 34.6 Å². The Labute approximate surface area is 179 Å². The highest BCUT2D eigenvalue weighted by molar-refractivity contribution is 6.02. The molecule has 3 aromatic heterocycles. The molecule has 0 fully saturated rings. The van der Waals surface area contributed by atoms with E-state index in [1.165, 1.54) is 0 Å². The number of anilines is 1. The molecule has 9 heteroatoms. The first kappa shape index (κ1) is 20.3. The van der Waals surface area contributed by atoms with Gasteiger partial charge in [-0.1, -0.05) is 5.16 Å². The van der Waals surface area contributed by atoms with E-state index in [9.17, 15) is 4.79 Å². The van der Waals surface area contributed by atoms with Crippen LogP contribution < -0.4 is 10.1 Å². The zero-order chi connectivity index (χ0) is 22.1. The topological polar surface area (TPSA) is 108 Å². The summed E-state index contributed by atoms with van der Waals surface area (Å²) in [6.45, 7) is 9.53. The first-order valence-electron chi connectivity index (χ1n) is 9.71. The van der Waals surface area contributed by atoms with Crippen LogP contribution >= 0.6 is 0 Å². The summed E-state index contributed by atoms with van der Waals surface area (Å²) in [6, 6.07) is 10.3. The molecule has 0 atom stereocenters. The minimum absolute atomic E-state index is 0.223. The van der Waals surface area contributed by atoms with E-state index in [1.54, 1.807) is 54.9 Å². The lowest BCUT2D eigenvalue weighted by atomic mass is 10.2.